The summed E-state index contributed by atoms with van der Waals surface area (Å²) in [6.45, 7) is 8.27. The second-order valence-corrected chi connectivity index (χ2v) is 6.73. The first-order valence-electron chi connectivity index (χ1n) is 8.36. The average Bonchev–Trinajstić information content (AvgIpc) is 2.68. The van der Waals surface area contributed by atoms with Gasteiger partial charge in [0.1, 0.15) is 5.82 Å². The summed E-state index contributed by atoms with van der Waals surface area (Å²) >= 11 is 0. The van der Waals surface area contributed by atoms with Crippen molar-refractivity contribution in [2.75, 3.05) is 13.6 Å². The molecule has 2 saturated heterocycles. The van der Waals surface area contributed by atoms with E-state index in [9.17, 15) is 0 Å². The monoisotopic (exact) mass is 288 g/mol. The highest BCUT2D eigenvalue weighted by Gasteiger charge is 2.39. The molecule has 4 heteroatoms. The number of aryl methyl sites for hydroxylation is 2. The maximum Gasteiger partial charge on any atom is 0.132 e. The maximum absolute atomic E-state index is 4.86. The molecule has 21 heavy (non-hydrogen) atoms. The molecule has 0 saturated carbocycles. The van der Waals surface area contributed by atoms with Gasteiger partial charge in [0.2, 0.25) is 0 Å². The van der Waals surface area contributed by atoms with Crippen LogP contribution in [0.5, 0.6) is 0 Å². The summed E-state index contributed by atoms with van der Waals surface area (Å²) in [5.41, 5.74) is 3.59. The summed E-state index contributed by atoms with van der Waals surface area (Å²) in [4.78, 5) is 12.3. The molecule has 2 unspecified atom stereocenters. The number of rotatable bonds is 4. The van der Waals surface area contributed by atoms with Gasteiger partial charge in [-0.3, -0.25) is 0 Å². The van der Waals surface area contributed by atoms with Crippen LogP contribution in [-0.2, 0) is 6.54 Å². The van der Waals surface area contributed by atoms with E-state index >= 15 is 0 Å². The van der Waals surface area contributed by atoms with E-state index in [1.165, 1.54) is 31.2 Å². The highest BCUT2D eigenvalue weighted by Crippen LogP contribution is 2.41. The van der Waals surface area contributed by atoms with Crippen LogP contribution in [0.15, 0.2) is 0 Å². The van der Waals surface area contributed by atoms with Gasteiger partial charge in [0.15, 0.2) is 0 Å². The molecule has 2 aliphatic heterocycles. The summed E-state index contributed by atoms with van der Waals surface area (Å²) in [5.74, 6) is 1.65. The third kappa shape index (κ3) is 2.84. The molecule has 3 heterocycles. The highest BCUT2D eigenvalue weighted by atomic mass is 15.2. The lowest BCUT2D eigenvalue weighted by Crippen LogP contribution is -2.39. The minimum atomic E-state index is 0.560. The van der Waals surface area contributed by atoms with Gasteiger partial charge in [-0.25, -0.2) is 9.97 Å². The Kier molecular flexibility index (Phi) is 4.27. The fraction of sp³-hybridized carbons (Fsp3) is 0.765. The smallest absolute Gasteiger partial charge is 0.132 e. The van der Waals surface area contributed by atoms with Gasteiger partial charge in [0, 0.05) is 41.5 Å². The maximum atomic E-state index is 4.86. The fourth-order valence-electron chi connectivity index (χ4n) is 4.08. The second kappa shape index (κ2) is 6.01. The third-order valence-corrected chi connectivity index (χ3v) is 5.45. The predicted octanol–water partition coefficient (Wildman–Crippen LogP) is 2.54. The lowest BCUT2D eigenvalue weighted by molar-refractivity contribution is 0.158. The second-order valence-electron chi connectivity index (χ2n) is 6.73. The molecule has 0 amide bonds. The Morgan fingerprint density at radius 1 is 1.10 bits per heavy atom. The van der Waals surface area contributed by atoms with E-state index in [-0.39, 0.29) is 0 Å². The molecule has 2 fully saturated rings. The molecule has 2 aliphatic rings. The van der Waals surface area contributed by atoms with Crippen molar-refractivity contribution in [2.24, 2.45) is 0 Å². The van der Waals surface area contributed by atoms with Crippen LogP contribution in [0.1, 0.15) is 61.3 Å². The van der Waals surface area contributed by atoms with Crippen LogP contribution in [0.25, 0.3) is 0 Å². The molecule has 116 valence electrons. The van der Waals surface area contributed by atoms with Gasteiger partial charge in [-0.05, 0) is 53.1 Å². The predicted molar refractivity (Wildman–Crippen MR) is 85.4 cm³/mol. The summed E-state index contributed by atoms with van der Waals surface area (Å²) in [7, 11) is 2.29. The number of nitrogens with one attached hydrogen (secondary N) is 1. The van der Waals surface area contributed by atoms with Gasteiger partial charge < -0.3 is 10.2 Å². The zero-order valence-electron chi connectivity index (χ0n) is 13.8. The quantitative estimate of drug-likeness (QED) is 0.924. The molecular weight excluding hydrogens is 260 g/mol. The topological polar surface area (TPSA) is 41.1 Å². The van der Waals surface area contributed by atoms with Crippen LogP contribution >= 0.6 is 0 Å². The third-order valence-electron chi connectivity index (χ3n) is 5.45. The molecule has 3 rings (SSSR count). The van der Waals surface area contributed by atoms with Crippen molar-refractivity contribution >= 4 is 0 Å². The number of hydrogen-bond donors (Lipinski definition) is 1. The van der Waals surface area contributed by atoms with E-state index in [1.54, 1.807) is 0 Å². The molecular formula is C17H28N4. The molecule has 4 nitrogen and oxygen atoms in total. The van der Waals surface area contributed by atoms with Crippen molar-refractivity contribution in [3.05, 3.63) is 22.8 Å². The van der Waals surface area contributed by atoms with Crippen molar-refractivity contribution in [3.63, 3.8) is 0 Å². The summed E-state index contributed by atoms with van der Waals surface area (Å²) in [6, 6.07) is 1.50. The van der Waals surface area contributed by atoms with Crippen LogP contribution in [0.3, 0.4) is 0 Å². The zero-order chi connectivity index (χ0) is 15.0. The van der Waals surface area contributed by atoms with Gasteiger partial charge in [-0.1, -0.05) is 6.92 Å². The lowest BCUT2D eigenvalue weighted by atomic mass is 9.90. The largest absolute Gasteiger partial charge is 0.313 e. The Labute approximate surface area is 128 Å². The van der Waals surface area contributed by atoms with E-state index < -0.39 is 0 Å². The van der Waals surface area contributed by atoms with Gasteiger partial charge >= 0.3 is 0 Å². The Balaban J connectivity index is 1.80. The Morgan fingerprint density at radius 2 is 1.67 bits per heavy atom. The number of fused-ring (bicyclic) bond motifs is 2. The Bertz CT molecular complexity index is 477. The van der Waals surface area contributed by atoms with Crippen LogP contribution < -0.4 is 5.32 Å². The Morgan fingerprint density at radius 3 is 2.19 bits per heavy atom. The SMILES string of the molecule is CCNCc1c(C)nc(C2CC3CCC(C2)N3C)nc1C. The minimum Gasteiger partial charge on any atom is -0.313 e. The van der Waals surface area contributed by atoms with E-state index in [0.717, 1.165) is 42.4 Å². The first-order chi connectivity index (χ1) is 10.1. The van der Waals surface area contributed by atoms with Crippen molar-refractivity contribution in [2.45, 2.75) is 71.0 Å². The molecule has 2 atom stereocenters. The van der Waals surface area contributed by atoms with Gasteiger partial charge in [0.25, 0.3) is 0 Å². The molecule has 0 radical (unpaired) electrons. The molecule has 0 aromatic carbocycles. The van der Waals surface area contributed by atoms with Crippen LogP contribution in [-0.4, -0.2) is 40.5 Å². The van der Waals surface area contributed by atoms with Crippen molar-refractivity contribution < 1.29 is 0 Å². The van der Waals surface area contributed by atoms with Gasteiger partial charge in [0.05, 0.1) is 0 Å². The first-order valence-corrected chi connectivity index (χ1v) is 8.36. The van der Waals surface area contributed by atoms with E-state index in [4.69, 9.17) is 9.97 Å². The molecule has 1 N–H and O–H groups in total. The van der Waals surface area contributed by atoms with Crippen LogP contribution in [0.2, 0.25) is 0 Å². The highest BCUT2D eigenvalue weighted by molar-refractivity contribution is 5.25. The van der Waals surface area contributed by atoms with Gasteiger partial charge in [-0.15, -0.1) is 0 Å². The number of piperidine rings is 1. The first kappa shape index (κ1) is 14.9. The molecule has 2 bridgehead atoms. The zero-order valence-corrected chi connectivity index (χ0v) is 13.8. The molecule has 1 aromatic heterocycles. The molecule has 0 spiro atoms. The van der Waals surface area contributed by atoms with Gasteiger partial charge in [-0.2, -0.15) is 0 Å². The molecule has 0 aliphatic carbocycles. The molecule has 1 aromatic rings. The fourth-order valence-corrected chi connectivity index (χ4v) is 4.08. The average molecular weight is 288 g/mol. The van der Waals surface area contributed by atoms with Crippen LogP contribution in [0.4, 0.5) is 0 Å². The number of nitrogens with zero attached hydrogens (tertiary/aromatic N) is 3. The Hall–Kier alpha value is -1.00. The summed E-state index contributed by atoms with van der Waals surface area (Å²) < 4.78 is 0. The van der Waals surface area contributed by atoms with Crippen molar-refractivity contribution in [3.8, 4) is 0 Å². The minimum absolute atomic E-state index is 0.560. The van der Waals surface area contributed by atoms with E-state index in [2.05, 4.69) is 38.0 Å². The normalized spacial score (nSPS) is 29.0. The summed E-state index contributed by atoms with van der Waals surface area (Å²) in [6.07, 6.45) is 5.18. The van der Waals surface area contributed by atoms with Crippen molar-refractivity contribution in [1.82, 2.24) is 20.2 Å². The van der Waals surface area contributed by atoms with Crippen molar-refractivity contribution in [1.29, 1.82) is 0 Å². The summed E-state index contributed by atoms with van der Waals surface area (Å²) in [5, 5.41) is 3.39. The standard InChI is InChI=1S/C17H28N4/c1-5-18-10-16-11(2)19-17(20-12(16)3)13-8-14-6-7-15(9-13)21(14)4/h13-15,18H,5-10H2,1-4H3. The lowest BCUT2D eigenvalue weighted by Gasteiger charge is -2.35. The van der Waals surface area contributed by atoms with E-state index in [1.807, 2.05) is 0 Å². The van der Waals surface area contributed by atoms with E-state index in [0.29, 0.717) is 5.92 Å². The van der Waals surface area contributed by atoms with Crippen LogP contribution in [0, 0.1) is 13.8 Å². The number of hydrogen-bond acceptors (Lipinski definition) is 4. The number of aromatic nitrogens is 2.